The molecule has 0 aliphatic rings. The quantitative estimate of drug-likeness (QED) is 0.815. The predicted molar refractivity (Wildman–Crippen MR) is 68.6 cm³/mol. The molecule has 17 heavy (non-hydrogen) atoms. The first kappa shape index (κ1) is 16.4. The van der Waals surface area contributed by atoms with Gasteiger partial charge in [0.15, 0.2) is 5.03 Å². The molecule has 3 N–H and O–H groups in total. The lowest BCUT2D eigenvalue weighted by Gasteiger charge is -2.18. The summed E-state index contributed by atoms with van der Waals surface area (Å²) >= 11 is 0. The van der Waals surface area contributed by atoms with E-state index in [1.165, 1.54) is 12.5 Å². The number of aryl methyl sites for hydroxylation is 1. The van der Waals surface area contributed by atoms with E-state index in [0.29, 0.717) is 6.54 Å². The second-order valence-corrected chi connectivity index (χ2v) is 6.07. The number of nitrogens with one attached hydrogen (secondary N) is 1. The number of rotatable bonds is 5. The van der Waals surface area contributed by atoms with E-state index >= 15 is 0 Å². The summed E-state index contributed by atoms with van der Waals surface area (Å²) in [7, 11) is -3.54. The lowest BCUT2D eigenvalue weighted by molar-refractivity contribution is 0.497. The molecule has 0 saturated carbocycles. The molecule has 0 amide bonds. The van der Waals surface area contributed by atoms with Gasteiger partial charge in [-0.2, -0.15) is 0 Å². The van der Waals surface area contributed by atoms with Crippen molar-refractivity contribution >= 4 is 22.4 Å². The van der Waals surface area contributed by atoms with Crippen molar-refractivity contribution in [3.8, 4) is 0 Å². The van der Waals surface area contributed by atoms with E-state index in [2.05, 4.69) is 9.71 Å². The first-order chi connectivity index (χ1) is 7.24. The molecule has 1 rings (SSSR count). The van der Waals surface area contributed by atoms with Crippen molar-refractivity contribution in [3.05, 3.63) is 12.5 Å². The maximum absolute atomic E-state index is 11.8. The Morgan fingerprint density at radius 1 is 1.53 bits per heavy atom. The van der Waals surface area contributed by atoms with E-state index in [1.807, 2.05) is 6.92 Å². The second kappa shape index (κ2) is 5.81. The molecule has 0 radical (unpaired) electrons. The lowest BCUT2D eigenvalue weighted by Crippen LogP contribution is -2.45. The highest BCUT2D eigenvalue weighted by Gasteiger charge is 2.20. The predicted octanol–water partition coefficient (Wildman–Crippen LogP) is 0.340. The number of hydrogen-bond donors (Lipinski definition) is 2. The van der Waals surface area contributed by atoms with Crippen LogP contribution in [-0.2, 0) is 16.6 Å². The van der Waals surface area contributed by atoms with Gasteiger partial charge < -0.3 is 10.3 Å². The van der Waals surface area contributed by atoms with Crippen LogP contribution in [0.1, 0.15) is 20.8 Å². The van der Waals surface area contributed by atoms with Gasteiger partial charge in [0.25, 0.3) is 10.0 Å². The van der Waals surface area contributed by atoms with Gasteiger partial charge in [0.2, 0.25) is 0 Å². The second-order valence-electron chi connectivity index (χ2n) is 4.36. The average Bonchev–Trinajstić information content (AvgIpc) is 2.62. The van der Waals surface area contributed by atoms with Crippen LogP contribution in [0.25, 0.3) is 0 Å². The Balaban J connectivity index is 0.00000256. The van der Waals surface area contributed by atoms with Crippen molar-refractivity contribution < 1.29 is 8.42 Å². The zero-order valence-electron chi connectivity index (χ0n) is 10.2. The van der Waals surface area contributed by atoms with Gasteiger partial charge in [0.1, 0.15) is 0 Å². The van der Waals surface area contributed by atoms with Crippen molar-refractivity contribution in [1.29, 1.82) is 0 Å². The number of imidazole rings is 1. The summed E-state index contributed by atoms with van der Waals surface area (Å²) in [6, 6.07) is 0. The van der Waals surface area contributed by atoms with Crippen LogP contribution in [0.15, 0.2) is 17.6 Å². The molecule has 0 atom stereocenters. The summed E-state index contributed by atoms with van der Waals surface area (Å²) in [5.41, 5.74) is 5.12. The summed E-state index contributed by atoms with van der Waals surface area (Å²) in [6.45, 7) is 6.27. The van der Waals surface area contributed by atoms with Crippen LogP contribution in [0.3, 0.4) is 0 Å². The molecule has 6 nitrogen and oxygen atoms in total. The molecule has 0 aliphatic heterocycles. The van der Waals surface area contributed by atoms with Crippen LogP contribution >= 0.6 is 12.4 Å². The van der Waals surface area contributed by atoms with Crippen LogP contribution in [0.4, 0.5) is 0 Å². The number of hydrogen-bond acceptors (Lipinski definition) is 4. The maximum Gasteiger partial charge on any atom is 0.259 e. The first-order valence-corrected chi connectivity index (χ1v) is 6.53. The molecular formula is C9H19ClN4O2S. The Hall–Kier alpha value is -0.630. The minimum atomic E-state index is -3.54. The average molecular weight is 283 g/mol. The van der Waals surface area contributed by atoms with E-state index in [1.54, 1.807) is 18.4 Å². The van der Waals surface area contributed by atoms with E-state index < -0.39 is 15.6 Å². The Labute approximate surface area is 108 Å². The van der Waals surface area contributed by atoms with Gasteiger partial charge in [0, 0.05) is 24.8 Å². The fourth-order valence-corrected chi connectivity index (χ4v) is 2.18. The molecule has 0 spiro atoms. The maximum atomic E-state index is 11.8. The largest absolute Gasteiger partial charge is 0.336 e. The molecule has 0 aliphatic carbocycles. The van der Waals surface area contributed by atoms with Gasteiger partial charge in [0.05, 0.1) is 6.33 Å². The van der Waals surface area contributed by atoms with Gasteiger partial charge >= 0.3 is 0 Å². The van der Waals surface area contributed by atoms with E-state index in [4.69, 9.17) is 5.73 Å². The van der Waals surface area contributed by atoms with Gasteiger partial charge in [-0.15, -0.1) is 12.4 Å². The Morgan fingerprint density at radius 3 is 2.53 bits per heavy atom. The molecule has 1 heterocycles. The SMILES string of the molecule is CCn1cnc(S(=O)(=O)NCC(C)(C)N)c1.Cl. The molecular weight excluding hydrogens is 264 g/mol. The van der Waals surface area contributed by atoms with Crippen LogP contribution in [0.2, 0.25) is 0 Å². The van der Waals surface area contributed by atoms with Crippen LogP contribution in [0.5, 0.6) is 0 Å². The third kappa shape index (κ3) is 5.03. The summed E-state index contributed by atoms with van der Waals surface area (Å²) in [5, 5.41) is 0.0265. The topological polar surface area (TPSA) is 90.0 Å². The molecule has 1 aromatic rings. The van der Waals surface area contributed by atoms with Crippen LogP contribution in [0, 0.1) is 0 Å². The highest BCUT2D eigenvalue weighted by Crippen LogP contribution is 2.06. The Bertz CT molecular complexity index is 450. The number of halogens is 1. The summed E-state index contributed by atoms with van der Waals surface area (Å²) < 4.78 is 27.7. The van der Waals surface area contributed by atoms with Gasteiger partial charge in [-0.25, -0.2) is 18.1 Å². The van der Waals surface area contributed by atoms with E-state index in [-0.39, 0.29) is 24.0 Å². The molecule has 0 bridgehead atoms. The van der Waals surface area contributed by atoms with Crippen molar-refractivity contribution in [2.75, 3.05) is 6.54 Å². The molecule has 100 valence electrons. The fourth-order valence-electron chi connectivity index (χ4n) is 1.01. The Morgan fingerprint density at radius 2 is 2.12 bits per heavy atom. The fraction of sp³-hybridized carbons (Fsp3) is 0.667. The standard InChI is InChI=1S/C9H18N4O2S.ClH/c1-4-13-5-8(11-7-13)16(14,15)12-6-9(2,3)10;/h5,7,12H,4,6,10H2,1-3H3;1H. The summed E-state index contributed by atoms with van der Waals surface area (Å²) in [6.07, 6.45) is 2.98. The number of nitrogens with zero attached hydrogens (tertiary/aromatic N) is 2. The van der Waals surface area contributed by atoms with Crippen molar-refractivity contribution in [2.45, 2.75) is 37.9 Å². The van der Waals surface area contributed by atoms with Gasteiger partial charge in [-0.3, -0.25) is 0 Å². The smallest absolute Gasteiger partial charge is 0.259 e. The zero-order valence-corrected chi connectivity index (χ0v) is 11.8. The molecule has 0 aromatic carbocycles. The molecule has 0 unspecified atom stereocenters. The zero-order chi connectivity index (χ0) is 12.4. The number of aromatic nitrogens is 2. The van der Waals surface area contributed by atoms with Crippen molar-refractivity contribution in [2.24, 2.45) is 5.73 Å². The number of sulfonamides is 1. The summed E-state index contributed by atoms with van der Waals surface area (Å²) in [5.74, 6) is 0. The monoisotopic (exact) mass is 282 g/mol. The third-order valence-electron chi connectivity index (χ3n) is 1.97. The van der Waals surface area contributed by atoms with Gasteiger partial charge in [-0.1, -0.05) is 0 Å². The minimum Gasteiger partial charge on any atom is -0.336 e. The van der Waals surface area contributed by atoms with Crippen molar-refractivity contribution in [1.82, 2.24) is 14.3 Å². The highest BCUT2D eigenvalue weighted by molar-refractivity contribution is 7.89. The lowest BCUT2D eigenvalue weighted by atomic mass is 10.1. The van der Waals surface area contributed by atoms with Crippen molar-refractivity contribution in [3.63, 3.8) is 0 Å². The molecule has 0 fully saturated rings. The molecule has 8 heteroatoms. The minimum absolute atomic E-state index is 0. The highest BCUT2D eigenvalue weighted by atomic mass is 35.5. The normalized spacial score (nSPS) is 12.2. The Kier molecular flexibility index (Phi) is 5.60. The molecule has 1 aromatic heterocycles. The van der Waals surface area contributed by atoms with E-state index in [9.17, 15) is 8.42 Å². The van der Waals surface area contributed by atoms with Crippen LogP contribution < -0.4 is 10.5 Å². The third-order valence-corrected chi connectivity index (χ3v) is 3.25. The van der Waals surface area contributed by atoms with Crippen LogP contribution in [-0.4, -0.2) is 30.1 Å². The number of nitrogens with two attached hydrogens (primary N) is 1. The van der Waals surface area contributed by atoms with E-state index in [0.717, 1.165) is 0 Å². The first-order valence-electron chi connectivity index (χ1n) is 5.05. The van der Waals surface area contributed by atoms with Gasteiger partial charge in [-0.05, 0) is 20.8 Å². The summed E-state index contributed by atoms with van der Waals surface area (Å²) in [4.78, 5) is 3.83. The molecule has 0 saturated heterocycles.